The highest BCUT2D eigenvalue weighted by atomic mass is 35.5. The first kappa shape index (κ1) is 23.2. The standard InChI is InChI=1S/C21H21Cl2N3O4S/c1-3-26-20(29)17(11-18(27)24-12-6-5-7-14(8-12)30-4-2)31-21(26)25-13-9-15(22)19(28)16(23)10-13/h5-10,17,28H,3-4,11H2,1-2H3,(H,24,27)/t17-/m0/s1. The third kappa shape index (κ3) is 5.64. The predicted octanol–water partition coefficient (Wildman–Crippen LogP) is 5.08. The first-order valence-electron chi connectivity index (χ1n) is 9.59. The zero-order chi connectivity index (χ0) is 22.5. The van der Waals surface area contributed by atoms with Gasteiger partial charge in [-0.1, -0.05) is 41.0 Å². The molecule has 1 aliphatic rings. The van der Waals surface area contributed by atoms with E-state index in [0.29, 0.717) is 35.4 Å². The summed E-state index contributed by atoms with van der Waals surface area (Å²) in [5.74, 6) is -0.0462. The molecule has 0 bridgehead atoms. The maximum absolute atomic E-state index is 12.8. The Labute approximate surface area is 194 Å². The molecule has 2 amide bonds. The van der Waals surface area contributed by atoms with E-state index in [1.165, 1.54) is 28.8 Å². The average molecular weight is 482 g/mol. The average Bonchev–Trinajstić information content (AvgIpc) is 3.00. The Hall–Kier alpha value is -2.42. The summed E-state index contributed by atoms with van der Waals surface area (Å²) in [6, 6.07) is 10.00. The largest absolute Gasteiger partial charge is 0.505 e. The molecule has 2 aromatic rings. The fourth-order valence-electron chi connectivity index (χ4n) is 2.95. The number of nitrogens with one attached hydrogen (secondary N) is 1. The molecule has 2 aromatic carbocycles. The van der Waals surface area contributed by atoms with Crippen LogP contribution in [0.4, 0.5) is 11.4 Å². The molecule has 31 heavy (non-hydrogen) atoms. The molecule has 0 radical (unpaired) electrons. The lowest BCUT2D eigenvalue weighted by atomic mass is 10.2. The molecule has 0 spiro atoms. The van der Waals surface area contributed by atoms with Crippen LogP contribution in [-0.4, -0.2) is 45.4 Å². The van der Waals surface area contributed by atoms with Gasteiger partial charge in [-0.25, -0.2) is 4.99 Å². The zero-order valence-corrected chi connectivity index (χ0v) is 19.2. The van der Waals surface area contributed by atoms with Crippen LogP contribution in [-0.2, 0) is 9.59 Å². The number of benzene rings is 2. The van der Waals surface area contributed by atoms with Gasteiger partial charge in [0.2, 0.25) is 11.8 Å². The molecule has 1 heterocycles. The van der Waals surface area contributed by atoms with Crippen molar-refractivity contribution in [1.82, 2.24) is 4.90 Å². The number of rotatable bonds is 7. The molecule has 0 aromatic heterocycles. The monoisotopic (exact) mass is 481 g/mol. The number of ether oxygens (including phenoxy) is 1. The molecule has 1 fully saturated rings. The second-order valence-corrected chi connectivity index (χ2v) is 8.54. The number of amides is 2. The maximum atomic E-state index is 12.8. The van der Waals surface area contributed by atoms with Gasteiger partial charge in [0, 0.05) is 24.7 Å². The van der Waals surface area contributed by atoms with Crippen LogP contribution in [0.25, 0.3) is 0 Å². The van der Waals surface area contributed by atoms with Gasteiger partial charge >= 0.3 is 0 Å². The molecule has 3 rings (SSSR count). The van der Waals surface area contributed by atoms with Gasteiger partial charge in [-0.05, 0) is 38.1 Å². The molecule has 0 saturated carbocycles. The first-order valence-corrected chi connectivity index (χ1v) is 11.2. The number of halogens is 2. The summed E-state index contributed by atoms with van der Waals surface area (Å²) in [4.78, 5) is 31.3. The number of phenols is 1. The number of carbonyl (C=O) groups excluding carboxylic acids is 2. The van der Waals surface area contributed by atoms with Gasteiger partial charge in [-0.15, -0.1) is 0 Å². The topological polar surface area (TPSA) is 91.2 Å². The normalized spacial score (nSPS) is 17.3. The number of aliphatic imine (C=N–C) groups is 1. The number of anilines is 1. The molecule has 0 aliphatic carbocycles. The van der Waals surface area contributed by atoms with Crippen LogP contribution in [0.1, 0.15) is 20.3 Å². The highest BCUT2D eigenvalue weighted by molar-refractivity contribution is 8.15. The fraction of sp³-hybridized carbons (Fsp3) is 0.286. The van der Waals surface area contributed by atoms with Gasteiger partial charge in [-0.2, -0.15) is 0 Å². The Balaban J connectivity index is 1.72. The number of phenolic OH excluding ortho intramolecular Hbond substituents is 1. The summed E-state index contributed by atoms with van der Waals surface area (Å²) in [6.07, 6.45) is -0.00499. The second kappa shape index (κ2) is 10.3. The van der Waals surface area contributed by atoms with Crippen molar-refractivity contribution in [2.75, 3.05) is 18.5 Å². The van der Waals surface area contributed by atoms with Crippen LogP contribution < -0.4 is 10.1 Å². The van der Waals surface area contributed by atoms with Crippen LogP contribution in [0, 0.1) is 0 Å². The number of carbonyl (C=O) groups is 2. The molecule has 164 valence electrons. The van der Waals surface area contributed by atoms with E-state index in [0.717, 1.165) is 0 Å². The van der Waals surface area contributed by atoms with Gasteiger partial charge in [0.15, 0.2) is 10.9 Å². The summed E-state index contributed by atoms with van der Waals surface area (Å²) in [5.41, 5.74) is 1.00. The molecule has 1 aliphatic heterocycles. The Morgan fingerprint density at radius 2 is 1.97 bits per heavy atom. The van der Waals surface area contributed by atoms with Crippen LogP contribution >= 0.6 is 35.0 Å². The van der Waals surface area contributed by atoms with Crippen molar-refractivity contribution in [3.05, 3.63) is 46.4 Å². The van der Waals surface area contributed by atoms with E-state index in [4.69, 9.17) is 27.9 Å². The predicted molar refractivity (Wildman–Crippen MR) is 125 cm³/mol. The highest BCUT2D eigenvalue weighted by Crippen LogP contribution is 2.38. The highest BCUT2D eigenvalue weighted by Gasteiger charge is 2.38. The van der Waals surface area contributed by atoms with E-state index in [9.17, 15) is 14.7 Å². The zero-order valence-electron chi connectivity index (χ0n) is 16.9. The summed E-state index contributed by atoms with van der Waals surface area (Å²) < 4.78 is 5.44. The van der Waals surface area contributed by atoms with E-state index in [2.05, 4.69) is 10.3 Å². The van der Waals surface area contributed by atoms with Crippen molar-refractivity contribution in [2.45, 2.75) is 25.5 Å². The van der Waals surface area contributed by atoms with Gasteiger partial charge < -0.3 is 15.2 Å². The second-order valence-electron chi connectivity index (χ2n) is 6.55. The number of nitrogens with zero attached hydrogens (tertiary/aromatic N) is 2. The van der Waals surface area contributed by atoms with Crippen molar-refractivity contribution in [3.63, 3.8) is 0 Å². The molecule has 10 heteroatoms. The SMILES string of the molecule is CCOc1cccc(NC(=O)C[C@@H]2SC(=Nc3cc(Cl)c(O)c(Cl)c3)N(CC)C2=O)c1. The van der Waals surface area contributed by atoms with Gasteiger partial charge in [0.1, 0.15) is 11.0 Å². The van der Waals surface area contributed by atoms with Gasteiger partial charge in [0.05, 0.1) is 22.3 Å². The Morgan fingerprint density at radius 1 is 1.26 bits per heavy atom. The summed E-state index contributed by atoms with van der Waals surface area (Å²) >= 11 is 13.1. The number of thioether (sulfide) groups is 1. The number of aromatic hydroxyl groups is 1. The minimum atomic E-state index is -0.600. The lowest BCUT2D eigenvalue weighted by molar-refractivity contribution is -0.128. The number of hydrogen-bond acceptors (Lipinski definition) is 6. The number of hydrogen-bond donors (Lipinski definition) is 2. The molecular formula is C21H21Cl2N3O4S. The Kier molecular flexibility index (Phi) is 7.69. The van der Waals surface area contributed by atoms with Gasteiger partial charge in [-0.3, -0.25) is 14.5 Å². The Morgan fingerprint density at radius 3 is 2.61 bits per heavy atom. The Bertz CT molecular complexity index is 1010. The van der Waals surface area contributed by atoms with E-state index in [1.807, 2.05) is 13.8 Å². The number of amidine groups is 1. The van der Waals surface area contributed by atoms with Crippen molar-refractivity contribution in [1.29, 1.82) is 0 Å². The minimum Gasteiger partial charge on any atom is -0.505 e. The van der Waals surface area contributed by atoms with Crippen LogP contribution in [0.5, 0.6) is 11.5 Å². The molecule has 1 atom stereocenters. The summed E-state index contributed by atoms with van der Waals surface area (Å²) in [6.45, 7) is 4.63. The summed E-state index contributed by atoms with van der Waals surface area (Å²) in [7, 11) is 0. The molecule has 0 unspecified atom stereocenters. The van der Waals surface area contributed by atoms with Crippen LogP contribution in [0.3, 0.4) is 0 Å². The smallest absolute Gasteiger partial charge is 0.242 e. The molecule has 2 N–H and O–H groups in total. The van der Waals surface area contributed by atoms with E-state index < -0.39 is 5.25 Å². The minimum absolute atomic E-state index is 0.00499. The molecule has 1 saturated heterocycles. The van der Waals surface area contributed by atoms with Crippen LogP contribution in [0.2, 0.25) is 10.0 Å². The molecule has 7 nitrogen and oxygen atoms in total. The quantitative estimate of drug-likeness (QED) is 0.575. The van der Waals surface area contributed by atoms with Crippen molar-refractivity contribution >= 4 is 63.3 Å². The maximum Gasteiger partial charge on any atom is 0.242 e. The third-order valence-corrected chi connectivity index (χ3v) is 6.11. The van der Waals surface area contributed by atoms with Gasteiger partial charge in [0.25, 0.3) is 0 Å². The first-order chi connectivity index (χ1) is 14.8. The van der Waals surface area contributed by atoms with E-state index >= 15 is 0 Å². The van der Waals surface area contributed by atoms with E-state index in [1.54, 1.807) is 24.3 Å². The fourth-order valence-corrected chi connectivity index (χ4v) is 4.65. The van der Waals surface area contributed by atoms with Crippen molar-refractivity contribution < 1.29 is 19.4 Å². The molecular weight excluding hydrogens is 461 g/mol. The van der Waals surface area contributed by atoms with Crippen molar-refractivity contribution in [2.24, 2.45) is 4.99 Å². The van der Waals surface area contributed by atoms with E-state index in [-0.39, 0.29) is 34.0 Å². The van der Waals surface area contributed by atoms with Crippen molar-refractivity contribution in [3.8, 4) is 11.5 Å². The van der Waals surface area contributed by atoms with Crippen LogP contribution in [0.15, 0.2) is 41.4 Å². The third-order valence-electron chi connectivity index (χ3n) is 4.36. The summed E-state index contributed by atoms with van der Waals surface area (Å²) in [5, 5.41) is 12.5. The lowest BCUT2D eigenvalue weighted by Crippen LogP contribution is -2.33. The lowest BCUT2D eigenvalue weighted by Gasteiger charge is -2.13.